The van der Waals surface area contributed by atoms with Gasteiger partial charge in [-0.15, -0.1) is 0 Å². The molecule has 3 aromatic carbocycles. The number of hydrogen-bond acceptors (Lipinski definition) is 6. The van der Waals surface area contributed by atoms with Crippen LogP contribution in [0.2, 0.25) is 0 Å². The Labute approximate surface area is 219 Å². The molecule has 8 nitrogen and oxygen atoms in total. The fraction of sp³-hybridized carbons (Fsp3) is 0.241. The maximum Gasteiger partial charge on any atom is 0.306 e. The molecule has 0 aliphatic heterocycles. The fourth-order valence-electron chi connectivity index (χ4n) is 4.15. The lowest BCUT2D eigenvalue weighted by molar-refractivity contribution is -0.141. The van der Waals surface area contributed by atoms with E-state index in [1.54, 1.807) is 37.3 Å². The summed E-state index contributed by atoms with van der Waals surface area (Å²) in [7, 11) is 0. The molecule has 0 aliphatic rings. The highest BCUT2D eigenvalue weighted by Gasteiger charge is 2.18. The zero-order chi connectivity index (χ0) is 27.1. The van der Waals surface area contributed by atoms with Crippen molar-refractivity contribution in [3.05, 3.63) is 95.4 Å². The number of aromatic nitrogens is 2. The Kier molecular flexibility index (Phi) is 8.73. The predicted molar refractivity (Wildman–Crippen MR) is 142 cm³/mol. The van der Waals surface area contributed by atoms with E-state index in [0.717, 1.165) is 5.56 Å². The third-order valence-electron chi connectivity index (χ3n) is 6.29. The van der Waals surface area contributed by atoms with Gasteiger partial charge in [0.05, 0.1) is 35.1 Å². The van der Waals surface area contributed by atoms with Crippen LogP contribution in [-0.4, -0.2) is 38.8 Å². The number of rotatable bonds is 11. The van der Waals surface area contributed by atoms with Crippen LogP contribution in [0.4, 0.5) is 4.39 Å². The highest BCUT2D eigenvalue weighted by molar-refractivity contribution is 5.97. The smallest absolute Gasteiger partial charge is 0.306 e. The highest BCUT2D eigenvalue weighted by atomic mass is 19.1. The number of benzene rings is 3. The second kappa shape index (κ2) is 12.4. The number of hydrogen-bond donors (Lipinski definition) is 4. The molecule has 0 fully saturated rings. The molecule has 1 unspecified atom stereocenters. The molecule has 4 N–H and O–H groups in total. The van der Waals surface area contributed by atoms with Gasteiger partial charge in [-0.2, -0.15) is 0 Å². The zero-order valence-corrected chi connectivity index (χ0v) is 20.9. The Morgan fingerprint density at radius 2 is 1.71 bits per heavy atom. The minimum absolute atomic E-state index is 0.320. The number of carboxylic acid groups (broad SMARTS) is 1. The third-order valence-corrected chi connectivity index (χ3v) is 6.29. The summed E-state index contributed by atoms with van der Waals surface area (Å²) in [4.78, 5) is 33.9. The number of aliphatic carboxylic acids is 1. The molecule has 1 aromatic heterocycles. The van der Waals surface area contributed by atoms with E-state index < -0.39 is 18.1 Å². The Balaban J connectivity index is 1.64. The van der Waals surface area contributed by atoms with Crippen molar-refractivity contribution in [2.45, 2.75) is 32.4 Å². The van der Waals surface area contributed by atoms with Crippen LogP contribution in [0.5, 0.6) is 0 Å². The molecule has 0 saturated heterocycles. The maximum atomic E-state index is 13.5. The van der Waals surface area contributed by atoms with E-state index in [9.17, 15) is 24.2 Å². The van der Waals surface area contributed by atoms with E-state index in [1.165, 1.54) is 12.1 Å². The second-order valence-corrected chi connectivity index (χ2v) is 9.04. The van der Waals surface area contributed by atoms with Crippen LogP contribution >= 0.6 is 0 Å². The van der Waals surface area contributed by atoms with Crippen LogP contribution in [0.1, 0.15) is 47.5 Å². The largest absolute Gasteiger partial charge is 0.481 e. The molecule has 0 radical (unpaired) electrons. The second-order valence-electron chi connectivity index (χ2n) is 9.04. The van der Waals surface area contributed by atoms with E-state index in [1.807, 2.05) is 30.3 Å². The molecule has 4 rings (SSSR count). The number of halogens is 1. The average Bonchev–Trinajstić information content (AvgIpc) is 2.93. The third kappa shape index (κ3) is 6.56. The SMILES string of the molecule is CC(CCCc1nc2cc(C(=O)N[C@@H](NCO)c3ccccc3)ccc2nc1-c1ccc(F)cc1)C(=O)O. The topological polar surface area (TPSA) is 124 Å². The minimum atomic E-state index is -0.853. The number of aliphatic hydroxyl groups excluding tert-OH is 1. The van der Waals surface area contributed by atoms with Crippen LogP contribution in [0.25, 0.3) is 22.3 Å². The van der Waals surface area contributed by atoms with Gasteiger partial charge in [0.2, 0.25) is 0 Å². The standard InChI is InChI=1S/C29H29FN4O4/c1-18(29(37)38)6-5-9-24-26(19-10-13-22(30)14-11-19)33-23-15-12-21(16-25(23)32-24)28(36)34-27(31-17-35)20-7-3-2-4-8-20/h2-4,7-8,10-16,18,27,31,35H,5-6,9,17H2,1H3,(H,34,36)(H,37,38)/t18?,27-/m1/s1. The van der Waals surface area contributed by atoms with Gasteiger partial charge in [0.25, 0.3) is 5.91 Å². The number of carbonyl (C=O) groups excluding carboxylic acids is 1. The van der Waals surface area contributed by atoms with Crippen molar-refractivity contribution in [3.63, 3.8) is 0 Å². The first-order chi connectivity index (χ1) is 18.4. The van der Waals surface area contributed by atoms with Crippen molar-refractivity contribution < 1.29 is 24.2 Å². The Morgan fingerprint density at radius 1 is 0.974 bits per heavy atom. The molecular weight excluding hydrogens is 487 g/mol. The van der Waals surface area contributed by atoms with Gasteiger partial charge >= 0.3 is 5.97 Å². The van der Waals surface area contributed by atoms with Gasteiger partial charge in [-0.05, 0) is 67.3 Å². The van der Waals surface area contributed by atoms with Crippen LogP contribution in [0.15, 0.2) is 72.8 Å². The van der Waals surface area contributed by atoms with Crippen LogP contribution in [-0.2, 0) is 11.2 Å². The van der Waals surface area contributed by atoms with Gasteiger partial charge in [-0.3, -0.25) is 14.9 Å². The minimum Gasteiger partial charge on any atom is -0.481 e. The monoisotopic (exact) mass is 516 g/mol. The number of amides is 1. The highest BCUT2D eigenvalue weighted by Crippen LogP contribution is 2.26. The maximum absolute atomic E-state index is 13.5. The molecule has 2 atom stereocenters. The summed E-state index contributed by atoms with van der Waals surface area (Å²) in [5.74, 6) is -2.06. The normalized spacial score (nSPS) is 12.7. The molecular formula is C29H29FN4O4. The lowest BCUT2D eigenvalue weighted by Crippen LogP contribution is -2.38. The number of aryl methyl sites for hydroxylation is 1. The van der Waals surface area contributed by atoms with Crippen molar-refractivity contribution in [2.75, 3.05) is 6.73 Å². The zero-order valence-electron chi connectivity index (χ0n) is 20.9. The summed E-state index contributed by atoms with van der Waals surface area (Å²) in [6.45, 7) is 1.34. The Morgan fingerprint density at radius 3 is 2.39 bits per heavy atom. The first-order valence-electron chi connectivity index (χ1n) is 12.3. The lowest BCUT2D eigenvalue weighted by Gasteiger charge is -2.19. The molecule has 9 heteroatoms. The number of nitrogens with zero attached hydrogens (tertiary/aromatic N) is 2. The van der Waals surface area contributed by atoms with E-state index in [4.69, 9.17) is 9.97 Å². The molecule has 0 aliphatic carbocycles. The van der Waals surface area contributed by atoms with Crippen molar-refractivity contribution >= 4 is 22.9 Å². The van der Waals surface area contributed by atoms with Gasteiger partial charge in [-0.1, -0.05) is 37.3 Å². The van der Waals surface area contributed by atoms with E-state index >= 15 is 0 Å². The predicted octanol–water partition coefficient (Wildman–Crippen LogP) is 4.45. The number of fused-ring (bicyclic) bond motifs is 1. The van der Waals surface area contributed by atoms with Crippen molar-refractivity contribution in [3.8, 4) is 11.3 Å². The summed E-state index contributed by atoms with van der Waals surface area (Å²) in [6, 6.07) is 20.2. The summed E-state index contributed by atoms with van der Waals surface area (Å²) in [5.41, 5.74) is 4.17. The molecule has 0 spiro atoms. The summed E-state index contributed by atoms with van der Waals surface area (Å²) in [6.07, 6.45) is 0.926. The van der Waals surface area contributed by atoms with Gasteiger partial charge in [0.15, 0.2) is 0 Å². The number of nitrogens with one attached hydrogen (secondary N) is 2. The first-order valence-corrected chi connectivity index (χ1v) is 12.3. The first kappa shape index (κ1) is 26.8. The Hall–Kier alpha value is -4.21. The quantitative estimate of drug-likeness (QED) is 0.217. The van der Waals surface area contributed by atoms with E-state index in [0.29, 0.717) is 52.8 Å². The molecule has 38 heavy (non-hydrogen) atoms. The molecule has 1 amide bonds. The lowest BCUT2D eigenvalue weighted by atomic mass is 10.0. The summed E-state index contributed by atoms with van der Waals surface area (Å²) >= 11 is 0. The summed E-state index contributed by atoms with van der Waals surface area (Å²) in [5, 5.41) is 24.3. The number of carbonyl (C=O) groups is 2. The van der Waals surface area contributed by atoms with Gasteiger partial charge in [0, 0.05) is 11.1 Å². The van der Waals surface area contributed by atoms with E-state index in [-0.39, 0.29) is 18.5 Å². The summed E-state index contributed by atoms with van der Waals surface area (Å²) < 4.78 is 13.5. The van der Waals surface area contributed by atoms with Crippen LogP contribution < -0.4 is 10.6 Å². The van der Waals surface area contributed by atoms with Crippen molar-refractivity contribution in [2.24, 2.45) is 5.92 Å². The van der Waals surface area contributed by atoms with Crippen molar-refractivity contribution in [1.29, 1.82) is 0 Å². The van der Waals surface area contributed by atoms with Gasteiger partial charge in [0.1, 0.15) is 12.0 Å². The molecule has 0 saturated carbocycles. The molecule has 4 aromatic rings. The van der Waals surface area contributed by atoms with Gasteiger partial charge in [-0.25, -0.2) is 14.4 Å². The van der Waals surface area contributed by atoms with Crippen LogP contribution in [0.3, 0.4) is 0 Å². The Bertz CT molecular complexity index is 1410. The van der Waals surface area contributed by atoms with E-state index in [2.05, 4.69) is 10.6 Å². The molecule has 196 valence electrons. The van der Waals surface area contributed by atoms with Crippen molar-refractivity contribution in [1.82, 2.24) is 20.6 Å². The fourth-order valence-corrected chi connectivity index (χ4v) is 4.15. The molecule has 1 heterocycles. The molecule has 0 bridgehead atoms. The van der Waals surface area contributed by atoms with Crippen LogP contribution in [0, 0.1) is 11.7 Å². The average molecular weight is 517 g/mol. The number of carboxylic acids is 1. The van der Waals surface area contributed by atoms with Gasteiger partial charge < -0.3 is 15.5 Å². The number of aliphatic hydroxyl groups is 1.